The second kappa shape index (κ2) is 8.24. The SMILES string of the molecule is Cc1cc(C)n(CC(=O)NNC(=O)[C@H](C)Oc2ccc(C(C)(C)C)cc2)n1. The Labute approximate surface area is 160 Å². The molecule has 0 bridgehead atoms. The summed E-state index contributed by atoms with van der Waals surface area (Å²) >= 11 is 0. The van der Waals surface area contributed by atoms with E-state index in [4.69, 9.17) is 4.74 Å². The van der Waals surface area contributed by atoms with Crippen LogP contribution < -0.4 is 15.6 Å². The van der Waals surface area contributed by atoms with E-state index in [0.29, 0.717) is 5.75 Å². The van der Waals surface area contributed by atoms with Crippen molar-refractivity contribution in [2.75, 3.05) is 0 Å². The maximum Gasteiger partial charge on any atom is 0.279 e. The van der Waals surface area contributed by atoms with Crippen LogP contribution >= 0.6 is 0 Å². The molecule has 0 aliphatic rings. The molecule has 1 heterocycles. The highest BCUT2D eigenvalue weighted by Crippen LogP contribution is 2.24. The molecule has 2 amide bonds. The van der Waals surface area contributed by atoms with Gasteiger partial charge in [-0.3, -0.25) is 25.1 Å². The molecule has 0 saturated heterocycles. The Bertz CT molecular complexity index is 804. The molecule has 1 aromatic heterocycles. The fourth-order valence-corrected chi connectivity index (χ4v) is 2.53. The smallest absolute Gasteiger partial charge is 0.279 e. The Morgan fingerprint density at radius 3 is 2.30 bits per heavy atom. The highest BCUT2D eigenvalue weighted by atomic mass is 16.5. The number of amides is 2. The van der Waals surface area contributed by atoms with E-state index < -0.39 is 12.0 Å². The number of benzene rings is 1. The molecule has 7 heteroatoms. The molecule has 0 saturated carbocycles. The molecule has 0 radical (unpaired) electrons. The fraction of sp³-hybridized carbons (Fsp3) is 0.450. The quantitative estimate of drug-likeness (QED) is 0.790. The Hall–Kier alpha value is -2.83. The van der Waals surface area contributed by atoms with E-state index in [1.165, 1.54) is 5.56 Å². The first-order chi connectivity index (χ1) is 12.6. The molecule has 2 rings (SSSR count). The van der Waals surface area contributed by atoms with Gasteiger partial charge < -0.3 is 4.74 Å². The van der Waals surface area contributed by atoms with Crippen molar-refractivity contribution in [1.29, 1.82) is 0 Å². The van der Waals surface area contributed by atoms with Gasteiger partial charge >= 0.3 is 0 Å². The minimum absolute atomic E-state index is 0.0312. The molecule has 0 fully saturated rings. The predicted octanol–water partition coefficient (Wildman–Crippen LogP) is 2.41. The van der Waals surface area contributed by atoms with Crippen LogP contribution in [0.4, 0.5) is 0 Å². The van der Waals surface area contributed by atoms with Crippen LogP contribution in [-0.2, 0) is 21.5 Å². The average molecular weight is 372 g/mol. The van der Waals surface area contributed by atoms with E-state index in [1.54, 1.807) is 11.6 Å². The van der Waals surface area contributed by atoms with Crippen molar-refractivity contribution in [3.63, 3.8) is 0 Å². The van der Waals surface area contributed by atoms with E-state index in [2.05, 4.69) is 36.7 Å². The lowest BCUT2D eigenvalue weighted by Crippen LogP contribution is -2.48. The lowest BCUT2D eigenvalue weighted by molar-refractivity contribution is -0.133. The van der Waals surface area contributed by atoms with Crippen LogP contribution in [0.1, 0.15) is 44.6 Å². The lowest BCUT2D eigenvalue weighted by atomic mass is 9.87. The van der Waals surface area contributed by atoms with Crippen LogP contribution in [-0.4, -0.2) is 27.7 Å². The molecular formula is C20H28N4O3. The molecule has 27 heavy (non-hydrogen) atoms. The molecule has 0 spiro atoms. The Kier molecular flexibility index (Phi) is 6.25. The number of nitrogens with zero attached hydrogens (tertiary/aromatic N) is 2. The van der Waals surface area contributed by atoms with Crippen LogP contribution in [0, 0.1) is 13.8 Å². The number of ether oxygens (including phenoxy) is 1. The van der Waals surface area contributed by atoms with Gasteiger partial charge in [0.15, 0.2) is 6.10 Å². The summed E-state index contributed by atoms with van der Waals surface area (Å²) in [6, 6.07) is 9.52. The second-order valence-corrected chi connectivity index (χ2v) is 7.66. The number of hydrazine groups is 1. The molecule has 2 N–H and O–H groups in total. The van der Waals surface area contributed by atoms with Crippen LogP contribution in [0.25, 0.3) is 0 Å². The Morgan fingerprint density at radius 2 is 1.78 bits per heavy atom. The summed E-state index contributed by atoms with van der Waals surface area (Å²) in [5.74, 6) is -0.201. The third-order valence-corrected chi connectivity index (χ3v) is 4.12. The van der Waals surface area contributed by atoms with E-state index in [9.17, 15) is 9.59 Å². The van der Waals surface area contributed by atoms with Crippen LogP contribution in [0.3, 0.4) is 0 Å². The number of carbonyl (C=O) groups is 2. The molecule has 0 aliphatic heterocycles. The van der Waals surface area contributed by atoms with Crippen molar-refractivity contribution in [2.45, 2.75) is 59.6 Å². The molecule has 2 aromatic rings. The number of hydrogen-bond acceptors (Lipinski definition) is 4. The molecule has 0 unspecified atom stereocenters. The van der Waals surface area contributed by atoms with Gasteiger partial charge in [-0.05, 0) is 49.9 Å². The van der Waals surface area contributed by atoms with Crippen molar-refractivity contribution >= 4 is 11.8 Å². The van der Waals surface area contributed by atoms with Gasteiger partial charge in [0.05, 0.1) is 5.69 Å². The summed E-state index contributed by atoms with van der Waals surface area (Å²) in [7, 11) is 0. The number of hydrogen-bond donors (Lipinski definition) is 2. The van der Waals surface area contributed by atoms with E-state index in [0.717, 1.165) is 11.4 Å². The van der Waals surface area contributed by atoms with Gasteiger partial charge in [-0.15, -0.1) is 0 Å². The molecular weight excluding hydrogens is 344 g/mol. The Balaban J connectivity index is 1.83. The maximum atomic E-state index is 12.1. The van der Waals surface area contributed by atoms with Crippen molar-refractivity contribution < 1.29 is 14.3 Å². The fourth-order valence-electron chi connectivity index (χ4n) is 2.53. The standard InChI is InChI=1S/C20H28N4O3/c1-13-11-14(2)24(23-13)12-18(25)21-22-19(26)15(3)27-17-9-7-16(8-10-17)20(4,5)6/h7-11,15H,12H2,1-6H3,(H,21,25)(H,22,26)/t15-/m0/s1. The predicted molar refractivity (Wildman–Crippen MR) is 103 cm³/mol. The average Bonchev–Trinajstić information content (AvgIpc) is 2.89. The molecule has 7 nitrogen and oxygen atoms in total. The van der Waals surface area contributed by atoms with Crippen LogP contribution in [0.5, 0.6) is 5.75 Å². The zero-order valence-corrected chi connectivity index (χ0v) is 16.8. The van der Waals surface area contributed by atoms with E-state index in [-0.39, 0.29) is 17.9 Å². The van der Waals surface area contributed by atoms with Crippen molar-refractivity contribution in [1.82, 2.24) is 20.6 Å². The summed E-state index contributed by atoms with van der Waals surface area (Å²) in [6.45, 7) is 11.8. The van der Waals surface area contributed by atoms with E-state index >= 15 is 0 Å². The van der Waals surface area contributed by atoms with Crippen molar-refractivity contribution in [3.8, 4) is 5.75 Å². The first-order valence-corrected chi connectivity index (χ1v) is 8.93. The van der Waals surface area contributed by atoms with Gasteiger partial charge in [0.25, 0.3) is 11.8 Å². The summed E-state index contributed by atoms with van der Waals surface area (Å²) in [6.07, 6.45) is -0.750. The maximum absolute atomic E-state index is 12.1. The summed E-state index contributed by atoms with van der Waals surface area (Å²) in [5.41, 5.74) is 7.72. The van der Waals surface area contributed by atoms with Crippen molar-refractivity contribution in [3.05, 3.63) is 47.3 Å². The number of rotatable bonds is 5. The van der Waals surface area contributed by atoms with Crippen LogP contribution in [0.2, 0.25) is 0 Å². The second-order valence-electron chi connectivity index (χ2n) is 7.66. The van der Waals surface area contributed by atoms with E-state index in [1.807, 2.05) is 44.2 Å². The van der Waals surface area contributed by atoms with Gasteiger partial charge in [-0.2, -0.15) is 5.10 Å². The summed E-state index contributed by atoms with van der Waals surface area (Å²) < 4.78 is 7.21. The molecule has 146 valence electrons. The molecule has 1 aromatic carbocycles. The van der Waals surface area contributed by atoms with Gasteiger partial charge in [-0.1, -0.05) is 32.9 Å². The summed E-state index contributed by atoms with van der Waals surface area (Å²) in [5, 5.41) is 4.21. The third kappa shape index (κ3) is 5.84. The number of aromatic nitrogens is 2. The number of nitrogens with one attached hydrogen (secondary N) is 2. The number of aryl methyl sites for hydroxylation is 2. The van der Waals surface area contributed by atoms with Gasteiger partial charge in [0.2, 0.25) is 0 Å². The minimum atomic E-state index is -0.750. The largest absolute Gasteiger partial charge is 0.481 e. The highest BCUT2D eigenvalue weighted by molar-refractivity contribution is 5.84. The van der Waals surface area contributed by atoms with Gasteiger partial charge in [0.1, 0.15) is 12.3 Å². The third-order valence-electron chi connectivity index (χ3n) is 4.12. The zero-order valence-electron chi connectivity index (χ0n) is 16.8. The monoisotopic (exact) mass is 372 g/mol. The molecule has 0 aliphatic carbocycles. The summed E-state index contributed by atoms with van der Waals surface area (Å²) in [4.78, 5) is 24.1. The lowest BCUT2D eigenvalue weighted by Gasteiger charge is -2.20. The highest BCUT2D eigenvalue weighted by Gasteiger charge is 2.17. The van der Waals surface area contributed by atoms with Crippen LogP contribution in [0.15, 0.2) is 30.3 Å². The zero-order chi connectivity index (χ0) is 20.2. The van der Waals surface area contributed by atoms with Gasteiger partial charge in [-0.25, -0.2) is 0 Å². The topological polar surface area (TPSA) is 85.2 Å². The number of carbonyl (C=O) groups excluding carboxylic acids is 2. The first kappa shape index (κ1) is 20.5. The van der Waals surface area contributed by atoms with Crippen molar-refractivity contribution in [2.24, 2.45) is 0 Å². The first-order valence-electron chi connectivity index (χ1n) is 8.93. The Morgan fingerprint density at radius 1 is 1.15 bits per heavy atom. The minimum Gasteiger partial charge on any atom is -0.481 e. The van der Waals surface area contributed by atoms with Gasteiger partial charge in [0, 0.05) is 5.69 Å². The normalized spacial score (nSPS) is 12.4. The molecule has 1 atom stereocenters.